The van der Waals surface area contributed by atoms with Crippen LogP contribution in [0, 0.1) is 18.8 Å². The number of aromatic nitrogens is 2. The summed E-state index contributed by atoms with van der Waals surface area (Å²) in [5, 5.41) is 6.27. The second kappa shape index (κ2) is 11.1. The van der Waals surface area contributed by atoms with E-state index in [1.54, 1.807) is 12.0 Å². The third-order valence-electron chi connectivity index (χ3n) is 5.12. The van der Waals surface area contributed by atoms with Crippen LogP contribution in [0.2, 0.25) is 0 Å². The Labute approximate surface area is 201 Å². The molecule has 3 rings (SSSR count). The molecule has 9 nitrogen and oxygen atoms in total. The number of aryl methyl sites for hydroxylation is 1. The van der Waals surface area contributed by atoms with Gasteiger partial charge in [-0.05, 0) is 45.9 Å². The minimum atomic E-state index is -0.483. The van der Waals surface area contributed by atoms with Crippen LogP contribution in [-0.4, -0.2) is 78.3 Å². The van der Waals surface area contributed by atoms with Gasteiger partial charge < -0.3 is 25.0 Å². The summed E-state index contributed by atoms with van der Waals surface area (Å²) in [5.74, 6) is 8.42. The molecule has 0 atom stereocenters. The van der Waals surface area contributed by atoms with E-state index in [0.29, 0.717) is 31.3 Å². The number of nitrogens with zero attached hydrogens (tertiary/aromatic N) is 4. The van der Waals surface area contributed by atoms with E-state index in [0.717, 1.165) is 35.9 Å². The number of anilines is 3. The fraction of sp³-hybridized carbons (Fsp3) is 0.480. The summed E-state index contributed by atoms with van der Waals surface area (Å²) in [5.41, 5.74) is 1.98. The molecule has 1 aliphatic rings. The zero-order chi connectivity index (χ0) is 24.7. The van der Waals surface area contributed by atoms with Crippen LogP contribution in [0.4, 0.5) is 22.2 Å². The Morgan fingerprint density at radius 2 is 1.88 bits per heavy atom. The van der Waals surface area contributed by atoms with E-state index < -0.39 is 5.60 Å². The van der Waals surface area contributed by atoms with Crippen molar-refractivity contribution in [1.29, 1.82) is 0 Å². The second-order valence-corrected chi connectivity index (χ2v) is 9.05. The minimum absolute atomic E-state index is 0.258. The topological polar surface area (TPSA) is 91.9 Å². The molecule has 9 heteroatoms. The summed E-state index contributed by atoms with van der Waals surface area (Å²) in [6.45, 7) is 10.9. The molecular weight excluding hydrogens is 432 g/mol. The number of hydrogen-bond acceptors (Lipinski definition) is 8. The number of rotatable bonds is 5. The van der Waals surface area contributed by atoms with Gasteiger partial charge in [0.15, 0.2) is 0 Å². The Morgan fingerprint density at radius 1 is 1.15 bits per heavy atom. The third-order valence-corrected chi connectivity index (χ3v) is 5.12. The molecule has 0 radical (unpaired) electrons. The molecule has 0 saturated carbocycles. The molecule has 1 aromatic carbocycles. The van der Waals surface area contributed by atoms with Gasteiger partial charge in [0, 0.05) is 50.7 Å². The van der Waals surface area contributed by atoms with Crippen molar-refractivity contribution in [2.75, 3.05) is 57.5 Å². The van der Waals surface area contributed by atoms with Crippen LogP contribution in [0.25, 0.3) is 0 Å². The molecule has 2 heterocycles. The summed E-state index contributed by atoms with van der Waals surface area (Å²) < 4.78 is 10.9. The average Bonchev–Trinajstić information content (AvgIpc) is 2.78. The van der Waals surface area contributed by atoms with Crippen LogP contribution >= 0.6 is 0 Å². The van der Waals surface area contributed by atoms with Crippen molar-refractivity contribution in [2.45, 2.75) is 33.3 Å². The van der Waals surface area contributed by atoms with Crippen molar-refractivity contribution in [3.05, 3.63) is 35.5 Å². The van der Waals surface area contributed by atoms with Crippen molar-refractivity contribution in [3.8, 4) is 17.6 Å². The van der Waals surface area contributed by atoms with E-state index in [1.165, 1.54) is 0 Å². The molecule has 1 aliphatic heterocycles. The first-order valence-electron chi connectivity index (χ1n) is 11.3. The smallest absolute Gasteiger partial charge is 0.410 e. The lowest BCUT2D eigenvalue weighted by atomic mass is 10.1. The first-order valence-corrected chi connectivity index (χ1v) is 11.3. The lowest BCUT2D eigenvalue weighted by Crippen LogP contribution is -2.50. The fourth-order valence-electron chi connectivity index (χ4n) is 3.43. The van der Waals surface area contributed by atoms with Gasteiger partial charge in [0.2, 0.25) is 5.95 Å². The number of hydrogen-bond donors (Lipinski definition) is 2. The molecule has 2 aromatic rings. The molecule has 2 N–H and O–H groups in total. The molecular formula is C25H34N6O3. The number of carbonyl (C=O) groups is 1. The Balaban J connectivity index is 1.61. The van der Waals surface area contributed by atoms with Crippen molar-refractivity contribution in [2.24, 2.45) is 0 Å². The Bertz CT molecular complexity index is 1060. The van der Waals surface area contributed by atoms with Gasteiger partial charge in [0.05, 0.1) is 19.2 Å². The first kappa shape index (κ1) is 25.1. The third kappa shape index (κ3) is 7.25. The van der Waals surface area contributed by atoms with Gasteiger partial charge in [0.1, 0.15) is 17.2 Å². The molecule has 1 saturated heterocycles. The number of ether oxygens (including phenoxy) is 2. The quantitative estimate of drug-likeness (QED) is 0.647. The Hall–Kier alpha value is -3.51. The zero-order valence-electron chi connectivity index (χ0n) is 20.9. The Morgan fingerprint density at radius 3 is 2.53 bits per heavy atom. The Kier molecular flexibility index (Phi) is 8.18. The van der Waals surface area contributed by atoms with Crippen molar-refractivity contribution in [3.63, 3.8) is 0 Å². The van der Waals surface area contributed by atoms with Crippen molar-refractivity contribution < 1.29 is 14.3 Å². The summed E-state index contributed by atoms with van der Waals surface area (Å²) in [4.78, 5) is 25.1. The van der Waals surface area contributed by atoms with Gasteiger partial charge >= 0.3 is 6.09 Å². The van der Waals surface area contributed by atoms with Crippen LogP contribution < -0.4 is 15.4 Å². The highest BCUT2D eigenvalue weighted by atomic mass is 16.6. The normalized spacial score (nSPS) is 14.1. The number of benzene rings is 1. The van der Waals surface area contributed by atoms with Crippen LogP contribution in [-0.2, 0) is 4.74 Å². The lowest BCUT2D eigenvalue weighted by molar-refractivity contribution is 0.0155. The average molecular weight is 467 g/mol. The van der Waals surface area contributed by atoms with Gasteiger partial charge in [-0.3, -0.25) is 4.90 Å². The van der Waals surface area contributed by atoms with Crippen molar-refractivity contribution >= 4 is 23.5 Å². The monoisotopic (exact) mass is 466 g/mol. The van der Waals surface area contributed by atoms with Crippen LogP contribution in [0.15, 0.2) is 24.3 Å². The van der Waals surface area contributed by atoms with Gasteiger partial charge in [-0.15, -0.1) is 0 Å². The minimum Gasteiger partial charge on any atom is -0.495 e. The van der Waals surface area contributed by atoms with E-state index in [1.807, 2.05) is 59.0 Å². The summed E-state index contributed by atoms with van der Waals surface area (Å²) >= 11 is 0. The SMILES string of the molecule is CNc1cc(C)nc(Nc2ccc(OC)c(C#CCN3CCN(C(=O)OC(C)(C)C)CC3)c2)n1. The fourth-order valence-corrected chi connectivity index (χ4v) is 3.43. The van der Waals surface area contributed by atoms with E-state index >= 15 is 0 Å². The van der Waals surface area contributed by atoms with Crippen molar-refractivity contribution in [1.82, 2.24) is 19.8 Å². The predicted molar refractivity (Wildman–Crippen MR) is 134 cm³/mol. The molecule has 1 fully saturated rings. The van der Waals surface area contributed by atoms with E-state index in [2.05, 4.69) is 37.3 Å². The lowest BCUT2D eigenvalue weighted by Gasteiger charge is -2.34. The molecule has 0 aliphatic carbocycles. The molecule has 34 heavy (non-hydrogen) atoms. The van der Waals surface area contributed by atoms with Crippen LogP contribution in [0.5, 0.6) is 5.75 Å². The molecule has 0 spiro atoms. The number of carbonyl (C=O) groups excluding carboxylic acids is 1. The van der Waals surface area contributed by atoms with E-state index in [4.69, 9.17) is 9.47 Å². The maximum absolute atomic E-state index is 12.2. The first-order chi connectivity index (χ1) is 16.2. The summed E-state index contributed by atoms with van der Waals surface area (Å²) in [6, 6.07) is 7.59. The maximum atomic E-state index is 12.2. The largest absolute Gasteiger partial charge is 0.495 e. The van der Waals surface area contributed by atoms with Crippen LogP contribution in [0.3, 0.4) is 0 Å². The number of methoxy groups -OCH3 is 1. The number of piperazine rings is 1. The standard InChI is InChI=1S/C25H34N6O3/c1-18-16-22(26-5)29-23(27-18)28-20-9-10-21(33-6)19(17-20)8-7-11-30-12-14-31(15-13-30)24(32)34-25(2,3)4/h9-10,16-17H,11-15H2,1-6H3,(H2,26,27,28,29). The van der Waals surface area contributed by atoms with Gasteiger partial charge in [-0.1, -0.05) is 11.8 Å². The van der Waals surface area contributed by atoms with Gasteiger partial charge in [-0.2, -0.15) is 4.98 Å². The number of nitrogens with one attached hydrogen (secondary N) is 2. The number of amides is 1. The molecule has 0 bridgehead atoms. The molecule has 182 valence electrons. The summed E-state index contributed by atoms with van der Waals surface area (Å²) in [6.07, 6.45) is -0.258. The molecule has 1 aromatic heterocycles. The van der Waals surface area contributed by atoms with Crippen LogP contribution in [0.1, 0.15) is 32.0 Å². The van der Waals surface area contributed by atoms with Gasteiger partial charge in [0.25, 0.3) is 0 Å². The highest BCUT2D eigenvalue weighted by Gasteiger charge is 2.25. The highest BCUT2D eigenvalue weighted by Crippen LogP contribution is 2.24. The van der Waals surface area contributed by atoms with E-state index in [-0.39, 0.29) is 6.09 Å². The second-order valence-electron chi connectivity index (χ2n) is 9.05. The highest BCUT2D eigenvalue weighted by molar-refractivity contribution is 5.68. The van der Waals surface area contributed by atoms with E-state index in [9.17, 15) is 4.79 Å². The molecule has 1 amide bonds. The maximum Gasteiger partial charge on any atom is 0.410 e. The summed E-state index contributed by atoms with van der Waals surface area (Å²) in [7, 11) is 3.45. The molecule has 0 unspecified atom stereocenters. The van der Waals surface area contributed by atoms with Gasteiger partial charge in [-0.25, -0.2) is 9.78 Å². The predicted octanol–water partition coefficient (Wildman–Crippen LogP) is 3.48. The zero-order valence-corrected chi connectivity index (χ0v) is 20.9.